The Morgan fingerprint density at radius 2 is 1.82 bits per heavy atom. The van der Waals surface area contributed by atoms with E-state index in [-0.39, 0.29) is 5.69 Å². The lowest BCUT2D eigenvalue weighted by Gasteiger charge is -2.50. The first kappa shape index (κ1) is 19.5. The topological polar surface area (TPSA) is 41.0 Å². The van der Waals surface area contributed by atoms with Gasteiger partial charge in [-0.05, 0) is 70.9 Å². The minimum absolute atomic E-state index is 0.0498. The average molecular weight is 382 g/mol. The molecule has 1 aliphatic heterocycles. The third-order valence-electron chi connectivity index (χ3n) is 7.33. The Balaban J connectivity index is 1.50. The number of para-hydroxylation sites is 2. The molecule has 0 unspecified atom stereocenters. The Bertz CT molecular complexity index is 897. The second-order valence-electron chi connectivity index (χ2n) is 9.11. The van der Waals surface area contributed by atoms with Crippen LogP contribution in [0.5, 0.6) is 0 Å². The van der Waals surface area contributed by atoms with Crippen LogP contribution in [0.25, 0.3) is 11.0 Å². The van der Waals surface area contributed by atoms with Crippen LogP contribution >= 0.6 is 0 Å². The third-order valence-corrected chi connectivity index (χ3v) is 7.33. The van der Waals surface area contributed by atoms with Crippen LogP contribution in [0.2, 0.25) is 0 Å². The van der Waals surface area contributed by atoms with Gasteiger partial charge in [-0.3, -0.25) is 9.47 Å². The molecule has 4 rings (SSSR count). The highest BCUT2D eigenvalue weighted by Gasteiger charge is 2.40. The van der Waals surface area contributed by atoms with E-state index < -0.39 is 0 Å². The van der Waals surface area contributed by atoms with Gasteiger partial charge in [-0.2, -0.15) is 0 Å². The number of likely N-dealkylation sites (tertiary alicyclic amines) is 1. The van der Waals surface area contributed by atoms with Crippen molar-refractivity contribution in [3.8, 4) is 0 Å². The molecule has 2 aliphatic rings. The molecule has 1 aromatic heterocycles. The zero-order valence-electron chi connectivity index (χ0n) is 17.8. The minimum Gasteiger partial charge on any atom is -0.306 e. The Morgan fingerprint density at radius 3 is 2.46 bits per heavy atom. The molecule has 2 aromatic rings. The van der Waals surface area contributed by atoms with Crippen molar-refractivity contribution in [3.05, 3.63) is 45.9 Å². The number of imidazole rings is 1. The zero-order chi connectivity index (χ0) is 19.7. The molecule has 1 saturated heterocycles. The molecule has 1 aromatic carbocycles. The Hall–Kier alpha value is -1.81. The van der Waals surface area contributed by atoms with Crippen LogP contribution < -0.4 is 5.69 Å². The number of piperidine rings is 1. The molecular formula is C24H35N3O. The van der Waals surface area contributed by atoms with Crippen molar-refractivity contribution >= 4 is 11.0 Å². The molecule has 0 atom stereocenters. The highest BCUT2D eigenvalue weighted by atomic mass is 16.1. The minimum atomic E-state index is 0.0498. The van der Waals surface area contributed by atoms with Crippen LogP contribution in [0.3, 0.4) is 0 Å². The predicted molar refractivity (Wildman–Crippen MR) is 117 cm³/mol. The highest BCUT2D eigenvalue weighted by molar-refractivity contribution is 5.75. The number of allylic oxidation sites excluding steroid dienone is 2. The molecule has 152 valence electrons. The lowest BCUT2D eigenvalue weighted by atomic mass is 9.73. The van der Waals surface area contributed by atoms with E-state index in [4.69, 9.17) is 0 Å². The summed E-state index contributed by atoms with van der Waals surface area (Å²) in [4.78, 5) is 18.4. The van der Waals surface area contributed by atoms with Crippen LogP contribution in [0.1, 0.15) is 78.2 Å². The summed E-state index contributed by atoms with van der Waals surface area (Å²) in [5.74, 6) is 0. The molecule has 0 spiro atoms. The summed E-state index contributed by atoms with van der Waals surface area (Å²) in [7, 11) is 0. The molecule has 28 heavy (non-hydrogen) atoms. The molecule has 4 nitrogen and oxygen atoms in total. The number of hydrogen-bond acceptors (Lipinski definition) is 2. The number of H-pyrrole nitrogens is 1. The van der Waals surface area contributed by atoms with Gasteiger partial charge in [0.25, 0.3) is 0 Å². The number of fused-ring (bicyclic) bond motifs is 1. The summed E-state index contributed by atoms with van der Waals surface area (Å²) < 4.78 is 2.02. The van der Waals surface area contributed by atoms with Crippen molar-refractivity contribution < 1.29 is 0 Å². The third kappa shape index (κ3) is 3.47. The number of nitrogens with one attached hydrogen (secondary N) is 1. The van der Waals surface area contributed by atoms with Gasteiger partial charge in [0.2, 0.25) is 0 Å². The summed E-state index contributed by atoms with van der Waals surface area (Å²) in [5, 5.41) is 0. The van der Waals surface area contributed by atoms with Gasteiger partial charge >= 0.3 is 5.69 Å². The Kier molecular flexibility index (Phi) is 5.50. The van der Waals surface area contributed by atoms with Crippen LogP contribution in [-0.2, 0) is 0 Å². The van der Waals surface area contributed by atoms with Crippen LogP contribution in [0.4, 0.5) is 0 Å². The van der Waals surface area contributed by atoms with Gasteiger partial charge in [0.15, 0.2) is 0 Å². The van der Waals surface area contributed by atoms with E-state index in [2.05, 4.69) is 36.7 Å². The standard InChI is InChI=1S/C24H35N3O/c1-4-13-24(14-9-19(10-15-24)18(2)3)26-16-11-20(12-17-26)27-22-8-6-5-7-21(22)25-23(27)28/h5-8,20H,4,9-17H2,1-3H3,(H,25,28). The van der Waals surface area contributed by atoms with Crippen molar-refractivity contribution in [3.63, 3.8) is 0 Å². The molecule has 2 heterocycles. The van der Waals surface area contributed by atoms with Gasteiger partial charge in [-0.15, -0.1) is 0 Å². The van der Waals surface area contributed by atoms with E-state index >= 15 is 0 Å². The van der Waals surface area contributed by atoms with Crippen molar-refractivity contribution in [1.29, 1.82) is 0 Å². The monoisotopic (exact) mass is 381 g/mol. The van der Waals surface area contributed by atoms with Crippen molar-refractivity contribution in [2.75, 3.05) is 13.1 Å². The van der Waals surface area contributed by atoms with Gasteiger partial charge in [0.1, 0.15) is 0 Å². The number of aromatic nitrogens is 2. The van der Waals surface area contributed by atoms with Gasteiger partial charge in [0, 0.05) is 24.7 Å². The molecule has 1 aliphatic carbocycles. The SMILES string of the molecule is CCCC1(N2CCC(n3c(=O)[nH]c4ccccc43)CC2)CCC(=C(C)C)CC1. The summed E-state index contributed by atoms with van der Waals surface area (Å²) in [6.07, 6.45) is 9.85. The molecule has 0 bridgehead atoms. The fraction of sp³-hybridized carbons (Fsp3) is 0.625. The molecule has 0 radical (unpaired) electrons. The van der Waals surface area contributed by atoms with Gasteiger partial charge in [-0.1, -0.05) is 36.6 Å². The smallest absolute Gasteiger partial charge is 0.306 e. The van der Waals surface area contributed by atoms with Gasteiger partial charge in [0.05, 0.1) is 11.0 Å². The van der Waals surface area contributed by atoms with Crippen molar-refractivity contribution in [1.82, 2.24) is 14.5 Å². The first-order valence-electron chi connectivity index (χ1n) is 11.1. The summed E-state index contributed by atoms with van der Waals surface area (Å²) in [5.41, 5.74) is 5.66. The maximum atomic E-state index is 12.6. The van der Waals surface area contributed by atoms with E-state index in [1.165, 1.54) is 44.1 Å². The molecule has 0 amide bonds. The van der Waals surface area contributed by atoms with Crippen LogP contribution in [0.15, 0.2) is 40.2 Å². The van der Waals surface area contributed by atoms with Crippen LogP contribution in [0, 0.1) is 0 Å². The first-order chi connectivity index (χ1) is 13.5. The molecule has 1 N–H and O–H groups in total. The predicted octanol–water partition coefficient (Wildman–Crippen LogP) is 5.42. The number of rotatable bonds is 4. The molecular weight excluding hydrogens is 346 g/mol. The van der Waals surface area contributed by atoms with Crippen molar-refractivity contribution in [2.24, 2.45) is 0 Å². The number of nitrogens with zero attached hydrogens (tertiary/aromatic N) is 2. The maximum Gasteiger partial charge on any atom is 0.326 e. The first-order valence-corrected chi connectivity index (χ1v) is 11.1. The van der Waals surface area contributed by atoms with Crippen LogP contribution in [-0.4, -0.2) is 33.1 Å². The quantitative estimate of drug-likeness (QED) is 0.719. The second kappa shape index (κ2) is 7.90. The van der Waals surface area contributed by atoms with E-state index in [1.807, 2.05) is 22.8 Å². The molecule has 1 saturated carbocycles. The summed E-state index contributed by atoms with van der Waals surface area (Å²) in [6, 6.07) is 8.40. The Morgan fingerprint density at radius 1 is 1.14 bits per heavy atom. The number of benzene rings is 1. The lowest BCUT2D eigenvalue weighted by molar-refractivity contribution is 0.0227. The molecule has 2 fully saturated rings. The summed E-state index contributed by atoms with van der Waals surface area (Å²) >= 11 is 0. The van der Waals surface area contributed by atoms with Gasteiger partial charge < -0.3 is 4.98 Å². The fourth-order valence-corrected chi connectivity index (χ4v) is 5.74. The van der Waals surface area contributed by atoms with E-state index in [0.29, 0.717) is 11.6 Å². The molecule has 4 heteroatoms. The normalized spacial score (nSPS) is 24.8. The average Bonchev–Trinajstić information content (AvgIpc) is 3.04. The Labute approximate surface area is 168 Å². The fourth-order valence-electron chi connectivity index (χ4n) is 5.74. The summed E-state index contributed by atoms with van der Waals surface area (Å²) in [6.45, 7) is 9.09. The van der Waals surface area contributed by atoms with Crippen molar-refractivity contribution in [2.45, 2.75) is 83.7 Å². The second-order valence-corrected chi connectivity index (χ2v) is 9.11. The zero-order valence-corrected chi connectivity index (χ0v) is 17.8. The van der Waals surface area contributed by atoms with E-state index in [1.54, 1.807) is 5.57 Å². The number of aromatic amines is 1. The maximum absolute atomic E-state index is 12.6. The van der Waals surface area contributed by atoms with Gasteiger partial charge in [-0.25, -0.2) is 4.79 Å². The largest absolute Gasteiger partial charge is 0.326 e. The van der Waals surface area contributed by atoms with E-state index in [0.717, 1.165) is 37.0 Å². The lowest BCUT2D eigenvalue weighted by Crippen LogP contribution is -2.53. The van der Waals surface area contributed by atoms with E-state index in [9.17, 15) is 4.79 Å². The highest BCUT2D eigenvalue weighted by Crippen LogP contribution is 2.42. The number of hydrogen-bond donors (Lipinski definition) is 1.